The molecule has 3 aromatic rings. The highest BCUT2D eigenvalue weighted by molar-refractivity contribution is 6.11. The second-order valence-corrected chi connectivity index (χ2v) is 7.79. The average molecular weight is 438 g/mol. The first-order chi connectivity index (χ1) is 15.3. The number of carbonyl (C=O) groups excluding carboxylic acids is 2. The second-order valence-electron chi connectivity index (χ2n) is 7.79. The van der Waals surface area contributed by atoms with Crippen molar-refractivity contribution in [3.8, 4) is 0 Å². The minimum atomic E-state index is -4.46. The van der Waals surface area contributed by atoms with Crippen molar-refractivity contribution in [1.29, 1.82) is 0 Å². The Hall–Kier alpha value is -3.41. The molecule has 164 valence electrons. The molecule has 0 unspecified atom stereocenters. The number of carbonyl (C=O) groups is 2. The summed E-state index contributed by atoms with van der Waals surface area (Å²) in [5.74, 6) is -2.76. The van der Waals surface area contributed by atoms with Crippen LogP contribution in [0.15, 0.2) is 72.8 Å². The van der Waals surface area contributed by atoms with Crippen molar-refractivity contribution in [3.63, 3.8) is 0 Å². The summed E-state index contributed by atoms with van der Waals surface area (Å²) >= 11 is 0. The summed E-state index contributed by atoms with van der Waals surface area (Å²) in [6, 6.07) is 18.3. The Labute approximate surface area is 183 Å². The average Bonchev–Trinajstić information content (AvgIpc) is 2.78. The quantitative estimate of drug-likeness (QED) is 0.361. The normalized spacial score (nSPS) is 19.0. The first kappa shape index (κ1) is 21.8. The van der Waals surface area contributed by atoms with Gasteiger partial charge >= 0.3 is 12.1 Å². The summed E-state index contributed by atoms with van der Waals surface area (Å²) in [7, 11) is 0. The van der Waals surface area contributed by atoms with Gasteiger partial charge in [0.05, 0.1) is 12.2 Å². The molecule has 0 radical (unpaired) electrons. The molecule has 0 N–H and O–H groups in total. The molecule has 0 saturated carbocycles. The molecule has 2 atom stereocenters. The SMILES string of the molecule is CCOC(=O)[C@@H]1C(=O)C=C(c2ccc3ccccc3c2)C[C@@H]1c1ccc(C(F)(F)F)cc1. The van der Waals surface area contributed by atoms with Gasteiger partial charge in [0.15, 0.2) is 5.78 Å². The Morgan fingerprint density at radius 1 is 1.00 bits per heavy atom. The van der Waals surface area contributed by atoms with E-state index in [0.29, 0.717) is 12.0 Å². The van der Waals surface area contributed by atoms with Crippen molar-refractivity contribution in [3.05, 3.63) is 89.5 Å². The number of hydrogen-bond donors (Lipinski definition) is 0. The zero-order chi connectivity index (χ0) is 22.9. The van der Waals surface area contributed by atoms with E-state index in [1.165, 1.54) is 18.2 Å². The Balaban J connectivity index is 1.74. The van der Waals surface area contributed by atoms with E-state index >= 15 is 0 Å². The fourth-order valence-electron chi connectivity index (χ4n) is 4.21. The van der Waals surface area contributed by atoms with E-state index in [-0.39, 0.29) is 6.61 Å². The number of ketones is 1. The first-order valence-electron chi connectivity index (χ1n) is 10.4. The number of ether oxygens (including phenoxy) is 1. The van der Waals surface area contributed by atoms with Crippen LogP contribution in [0.3, 0.4) is 0 Å². The van der Waals surface area contributed by atoms with Gasteiger partial charge in [0.1, 0.15) is 5.92 Å². The van der Waals surface area contributed by atoms with Crippen LogP contribution < -0.4 is 0 Å². The molecule has 0 amide bonds. The number of allylic oxidation sites excluding steroid dienone is 2. The van der Waals surface area contributed by atoms with Crippen LogP contribution in [0.25, 0.3) is 16.3 Å². The monoisotopic (exact) mass is 438 g/mol. The lowest BCUT2D eigenvalue weighted by molar-refractivity contribution is -0.151. The fourth-order valence-corrected chi connectivity index (χ4v) is 4.21. The van der Waals surface area contributed by atoms with Gasteiger partial charge in [0.25, 0.3) is 0 Å². The van der Waals surface area contributed by atoms with Crippen LogP contribution in [0, 0.1) is 5.92 Å². The van der Waals surface area contributed by atoms with E-state index in [2.05, 4.69) is 0 Å². The molecule has 0 spiro atoms. The summed E-state index contributed by atoms with van der Waals surface area (Å²) in [4.78, 5) is 25.6. The maximum absolute atomic E-state index is 13.0. The van der Waals surface area contributed by atoms with Crippen LogP contribution in [-0.2, 0) is 20.5 Å². The lowest BCUT2D eigenvalue weighted by Crippen LogP contribution is -2.34. The minimum Gasteiger partial charge on any atom is -0.465 e. The number of rotatable bonds is 4. The van der Waals surface area contributed by atoms with Gasteiger partial charge in [-0.05, 0) is 65.1 Å². The standard InChI is InChI=1S/C26H21F3O3/c1-2-32-25(31)24-22(17-9-11-21(12-10-17)26(27,28)29)14-20(15-23(24)30)19-8-7-16-5-3-4-6-18(16)13-19/h3-13,15,22,24H,2,14H2,1H3/t22-,24+/m1/s1. The van der Waals surface area contributed by atoms with Crippen molar-refractivity contribution in [2.45, 2.75) is 25.4 Å². The summed E-state index contributed by atoms with van der Waals surface area (Å²) in [5, 5.41) is 2.07. The van der Waals surface area contributed by atoms with Crippen molar-refractivity contribution < 1.29 is 27.5 Å². The Bertz CT molecular complexity index is 1190. The fraction of sp³-hybridized carbons (Fsp3) is 0.231. The van der Waals surface area contributed by atoms with E-state index in [1.807, 2.05) is 42.5 Å². The zero-order valence-electron chi connectivity index (χ0n) is 17.4. The van der Waals surface area contributed by atoms with Gasteiger partial charge in [-0.1, -0.05) is 48.5 Å². The molecule has 0 aromatic heterocycles. The second kappa shape index (κ2) is 8.61. The van der Waals surface area contributed by atoms with Gasteiger partial charge in [-0.2, -0.15) is 13.2 Å². The largest absolute Gasteiger partial charge is 0.465 e. The minimum absolute atomic E-state index is 0.115. The molecule has 32 heavy (non-hydrogen) atoms. The Kier molecular flexibility index (Phi) is 5.87. The number of benzene rings is 3. The van der Waals surface area contributed by atoms with Gasteiger partial charge in [0, 0.05) is 5.92 Å². The van der Waals surface area contributed by atoms with Gasteiger partial charge in [-0.15, -0.1) is 0 Å². The lowest BCUT2D eigenvalue weighted by Gasteiger charge is -2.29. The van der Waals surface area contributed by atoms with Gasteiger partial charge in [-0.25, -0.2) is 0 Å². The third kappa shape index (κ3) is 4.31. The van der Waals surface area contributed by atoms with Crippen molar-refractivity contribution in [1.82, 2.24) is 0 Å². The van der Waals surface area contributed by atoms with Gasteiger partial charge in [0.2, 0.25) is 0 Å². The maximum atomic E-state index is 13.0. The molecular weight excluding hydrogens is 417 g/mol. The van der Waals surface area contributed by atoms with Crippen LogP contribution in [-0.4, -0.2) is 18.4 Å². The number of alkyl halides is 3. The van der Waals surface area contributed by atoms with Crippen LogP contribution in [0.1, 0.15) is 36.0 Å². The molecule has 4 rings (SSSR count). The maximum Gasteiger partial charge on any atom is 0.416 e. The first-order valence-corrected chi connectivity index (χ1v) is 10.4. The van der Waals surface area contributed by atoms with Crippen LogP contribution >= 0.6 is 0 Å². The third-order valence-corrected chi connectivity index (χ3v) is 5.79. The molecule has 0 fully saturated rings. The number of hydrogen-bond acceptors (Lipinski definition) is 3. The highest BCUT2D eigenvalue weighted by Crippen LogP contribution is 2.41. The summed E-state index contributed by atoms with van der Waals surface area (Å²) < 4.78 is 44.1. The summed E-state index contributed by atoms with van der Waals surface area (Å²) in [6.45, 7) is 1.76. The van der Waals surface area contributed by atoms with Crippen molar-refractivity contribution in [2.75, 3.05) is 6.61 Å². The summed E-state index contributed by atoms with van der Waals surface area (Å²) in [6.07, 6.45) is -2.66. The topological polar surface area (TPSA) is 43.4 Å². The molecule has 1 aliphatic rings. The molecule has 0 bridgehead atoms. The molecule has 3 nitrogen and oxygen atoms in total. The van der Waals surface area contributed by atoms with E-state index in [4.69, 9.17) is 4.74 Å². The molecule has 0 heterocycles. The van der Waals surface area contributed by atoms with Gasteiger partial charge in [-0.3, -0.25) is 9.59 Å². The predicted octanol–water partition coefficient (Wildman–Crippen LogP) is 6.18. The van der Waals surface area contributed by atoms with Gasteiger partial charge < -0.3 is 4.74 Å². The highest BCUT2D eigenvalue weighted by atomic mass is 19.4. The van der Waals surface area contributed by atoms with E-state index in [0.717, 1.165) is 34.0 Å². The molecule has 0 aliphatic heterocycles. The van der Waals surface area contributed by atoms with Crippen LogP contribution in [0.2, 0.25) is 0 Å². The van der Waals surface area contributed by atoms with Crippen molar-refractivity contribution in [2.24, 2.45) is 5.92 Å². The number of halogens is 3. The van der Waals surface area contributed by atoms with E-state index < -0.39 is 35.3 Å². The van der Waals surface area contributed by atoms with E-state index in [9.17, 15) is 22.8 Å². The number of fused-ring (bicyclic) bond motifs is 1. The number of esters is 1. The summed E-state index contributed by atoms with van der Waals surface area (Å²) in [5.41, 5.74) is 1.31. The molecule has 0 saturated heterocycles. The van der Waals surface area contributed by atoms with Crippen LogP contribution in [0.4, 0.5) is 13.2 Å². The van der Waals surface area contributed by atoms with Crippen LogP contribution in [0.5, 0.6) is 0 Å². The third-order valence-electron chi connectivity index (χ3n) is 5.79. The lowest BCUT2D eigenvalue weighted by atomic mass is 9.73. The Morgan fingerprint density at radius 3 is 2.34 bits per heavy atom. The highest BCUT2D eigenvalue weighted by Gasteiger charge is 2.40. The van der Waals surface area contributed by atoms with Crippen molar-refractivity contribution >= 4 is 28.1 Å². The molecule has 6 heteroatoms. The molecule has 1 aliphatic carbocycles. The molecule has 3 aromatic carbocycles. The predicted molar refractivity (Wildman–Crippen MR) is 116 cm³/mol. The Morgan fingerprint density at radius 2 is 1.69 bits per heavy atom. The van der Waals surface area contributed by atoms with E-state index in [1.54, 1.807) is 6.92 Å². The zero-order valence-corrected chi connectivity index (χ0v) is 17.4. The molecular formula is C26H21F3O3. The smallest absolute Gasteiger partial charge is 0.416 e.